The summed E-state index contributed by atoms with van der Waals surface area (Å²) < 4.78 is -0.338. The summed E-state index contributed by atoms with van der Waals surface area (Å²) in [5.41, 5.74) is 2.19. The molecule has 3 N–H and O–H groups in total. The van der Waals surface area contributed by atoms with Gasteiger partial charge in [0.15, 0.2) is 5.17 Å². The average Bonchev–Trinajstić information content (AvgIpc) is 3.13. The molecule has 28 heavy (non-hydrogen) atoms. The van der Waals surface area contributed by atoms with E-state index in [-0.39, 0.29) is 22.5 Å². The third kappa shape index (κ3) is 3.65. The van der Waals surface area contributed by atoms with Crippen molar-refractivity contribution in [3.63, 3.8) is 0 Å². The molecule has 0 bridgehead atoms. The molecule has 4 rings (SSSR count). The highest BCUT2D eigenvalue weighted by molar-refractivity contribution is 8.14. The lowest BCUT2D eigenvalue weighted by Crippen LogP contribution is -2.42. The summed E-state index contributed by atoms with van der Waals surface area (Å²) in [5, 5.41) is 9.79. The summed E-state index contributed by atoms with van der Waals surface area (Å²) in [7, 11) is 0. The number of aromatic nitrogens is 1. The summed E-state index contributed by atoms with van der Waals surface area (Å²) in [6.45, 7) is 3.65. The first kappa shape index (κ1) is 18.6. The first-order valence-electron chi connectivity index (χ1n) is 9.11. The van der Waals surface area contributed by atoms with Crippen LogP contribution in [0.5, 0.6) is 0 Å². The van der Waals surface area contributed by atoms with Gasteiger partial charge in [-0.15, -0.1) is 0 Å². The first-order valence-corrected chi connectivity index (χ1v) is 9.93. The van der Waals surface area contributed by atoms with Gasteiger partial charge in [0.1, 0.15) is 0 Å². The number of hydrogen-bond acceptors (Lipinski definition) is 6. The molecular weight excluding hydrogens is 374 g/mol. The Hall–Kier alpha value is -2.71. The lowest BCUT2D eigenvalue weighted by molar-refractivity contribution is -0.114. The van der Waals surface area contributed by atoms with Crippen LogP contribution in [-0.4, -0.2) is 41.6 Å². The van der Waals surface area contributed by atoms with Crippen LogP contribution in [0.1, 0.15) is 23.0 Å². The van der Waals surface area contributed by atoms with Crippen LogP contribution in [0.4, 0.5) is 5.69 Å². The van der Waals surface area contributed by atoms with Crippen LogP contribution in [-0.2, 0) is 9.54 Å². The normalized spacial score (nSPS) is 23.5. The molecule has 0 unspecified atom stereocenters. The molecule has 2 aliphatic heterocycles. The number of benzene rings is 1. The van der Waals surface area contributed by atoms with Gasteiger partial charge in [-0.25, -0.2) is 0 Å². The van der Waals surface area contributed by atoms with Crippen LogP contribution in [0, 0.1) is 5.92 Å². The smallest absolute Gasteiger partial charge is 0.257 e. The molecule has 2 amide bonds. The van der Waals surface area contributed by atoms with Crippen molar-refractivity contribution < 1.29 is 9.59 Å². The number of fused-ring (bicyclic) bond motifs is 1. The van der Waals surface area contributed by atoms with Crippen molar-refractivity contribution in [1.82, 2.24) is 15.6 Å². The maximum Gasteiger partial charge on any atom is 0.257 e. The van der Waals surface area contributed by atoms with Crippen molar-refractivity contribution in [2.45, 2.75) is 11.7 Å². The van der Waals surface area contributed by atoms with Crippen molar-refractivity contribution >= 4 is 34.4 Å². The van der Waals surface area contributed by atoms with Crippen LogP contribution in [0.25, 0.3) is 0 Å². The number of amides is 2. The van der Waals surface area contributed by atoms with E-state index in [1.54, 1.807) is 24.4 Å². The summed E-state index contributed by atoms with van der Waals surface area (Å²) in [4.78, 5) is 33.1. The lowest BCUT2D eigenvalue weighted by Gasteiger charge is -2.36. The number of carbonyl (C=O) groups is 2. The average molecular weight is 395 g/mol. The van der Waals surface area contributed by atoms with Gasteiger partial charge in [0, 0.05) is 49.9 Å². The largest absolute Gasteiger partial charge is 0.326 e. The summed E-state index contributed by atoms with van der Waals surface area (Å²) >= 11 is 1.53. The molecule has 0 saturated carbocycles. The van der Waals surface area contributed by atoms with E-state index in [1.165, 1.54) is 18.7 Å². The highest BCUT2D eigenvalue weighted by Gasteiger charge is 2.49. The Morgan fingerprint density at radius 3 is 2.82 bits per heavy atom. The van der Waals surface area contributed by atoms with Gasteiger partial charge in [0.2, 0.25) is 5.91 Å². The summed E-state index contributed by atoms with van der Waals surface area (Å²) in [6.07, 6.45) is 1.71. The number of rotatable bonds is 3. The van der Waals surface area contributed by atoms with E-state index < -0.39 is 0 Å². The zero-order chi connectivity index (χ0) is 19.6. The molecule has 2 aromatic rings. The molecule has 1 aromatic carbocycles. The predicted octanol–water partition coefficient (Wildman–Crippen LogP) is 1.99. The molecule has 3 heterocycles. The minimum atomic E-state index is -0.338. The molecule has 0 radical (unpaired) electrons. The Balaban J connectivity index is 1.59. The van der Waals surface area contributed by atoms with Gasteiger partial charge in [-0.3, -0.25) is 19.6 Å². The van der Waals surface area contributed by atoms with Crippen molar-refractivity contribution in [2.24, 2.45) is 10.9 Å². The van der Waals surface area contributed by atoms with Gasteiger partial charge in [0.25, 0.3) is 5.91 Å². The third-order valence-corrected chi connectivity index (χ3v) is 6.42. The molecule has 2 aliphatic rings. The highest BCUT2D eigenvalue weighted by atomic mass is 32.2. The number of aliphatic imine (C=N–C) groups is 1. The zero-order valence-electron chi connectivity index (χ0n) is 15.4. The van der Waals surface area contributed by atoms with Crippen LogP contribution in [0.3, 0.4) is 0 Å². The highest BCUT2D eigenvalue weighted by Crippen LogP contribution is 2.47. The molecule has 2 atom stereocenters. The fraction of sp³-hybridized carbons (Fsp3) is 0.300. The maximum atomic E-state index is 12.5. The van der Waals surface area contributed by atoms with Gasteiger partial charge < -0.3 is 16.0 Å². The van der Waals surface area contributed by atoms with E-state index in [1.807, 2.05) is 24.3 Å². The van der Waals surface area contributed by atoms with Crippen molar-refractivity contribution in [1.29, 1.82) is 0 Å². The fourth-order valence-corrected chi connectivity index (χ4v) is 4.93. The van der Waals surface area contributed by atoms with Crippen LogP contribution < -0.4 is 16.0 Å². The molecule has 1 aromatic heterocycles. The third-order valence-electron chi connectivity index (χ3n) is 4.94. The minimum Gasteiger partial charge on any atom is -0.326 e. The fourth-order valence-electron chi connectivity index (χ4n) is 3.59. The Morgan fingerprint density at radius 2 is 2.04 bits per heavy atom. The van der Waals surface area contributed by atoms with Gasteiger partial charge in [-0.2, -0.15) is 0 Å². The van der Waals surface area contributed by atoms with E-state index in [0.717, 1.165) is 24.5 Å². The molecule has 1 fully saturated rings. The Morgan fingerprint density at radius 1 is 1.21 bits per heavy atom. The standard InChI is InChI=1S/C20H21N5O2S/c1-13(26)24-16-7-8-22-17(9-16)20-12-21-10-15(20)11-23-19(28-20)25-18(27)14-5-3-2-4-6-14/h2-9,15,21H,10-12H2,1H3,(H,22,24,26)(H,23,25,27)/t15-,20-/m1/s1. The summed E-state index contributed by atoms with van der Waals surface area (Å²) in [5.74, 6) is -0.0364. The number of pyridine rings is 1. The molecular formula is C20H21N5O2S. The van der Waals surface area contributed by atoms with Crippen molar-refractivity contribution in [3.05, 3.63) is 59.9 Å². The second-order valence-electron chi connectivity index (χ2n) is 6.90. The molecule has 1 saturated heterocycles. The van der Waals surface area contributed by atoms with Gasteiger partial charge >= 0.3 is 0 Å². The van der Waals surface area contributed by atoms with Crippen LogP contribution in [0.2, 0.25) is 0 Å². The van der Waals surface area contributed by atoms with Crippen LogP contribution >= 0.6 is 11.8 Å². The quantitative estimate of drug-likeness (QED) is 0.739. The number of nitrogens with one attached hydrogen (secondary N) is 3. The van der Waals surface area contributed by atoms with E-state index in [0.29, 0.717) is 17.3 Å². The Kier molecular flexibility index (Phi) is 5.15. The Labute approximate surface area is 167 Å². The number of amidine groups is 1. The second kappa shape index (κ2) is 7.73. The second-order valence-corrected chi connectivity index (χ2v) is 8.22. The molecule has 144 valence electrons. The van der Waals surface area contributed by atoms with Gasteiger partial charge in [-0.05, 0) is 24.3 Å². The molecule has 8 heteroatoms. The molecule has 0 aliphatic carbocycles. The monoisotopic (exact) mass is 395 g/mol. The van der Waals surface area contributed by atoms with Gasteiger partial charge in [0.05, 0.1) is 10.4 Å². The van der Waals surface area contributed by atoms with E-state index in [2.05, 4.69) is 25.9 Å². The topological polar surface area (TPSA) is 95.5 Å². The predicted molar refractivity (Wildman–Crippen MR) is 110 cm³/mol. The number of thioether (sulfide) groups is 1. The summed E-state index contributed by atoms with van der Waals surface area (Å²) in [6, 6.07) is 12.8. The van der Waals surface area contributed by atoms with E-state index in [4.69, 9.17) is 0 Å². The first-order chi connectivity index (χ1) is 13.6. The van der Waals surface area contributed by atoms with E-state index in [9.17, 15) is 9.59 Å². The van der Waals surface area contributed by atoms with E-state index >= 15 is 0 Å². The van der Waals surface area contributed by atoms with Crippen LogP contribution in [0.15, 0.2) is 53.7 Å². The molecule has 7 nitrogen and oxygen atoms in total. The Bertz CT molecular complexity index is 933. The maximum absolute atomic E-state index is 12.5. The SMILES string of the molecule is CC(=O)Nc1ccnc([C@@]23CNC[C@@H]2CN=C(NC(=O)c2ccccc2)S3)c1. The lowest BCUT2D eigenvalue weighted by atomic mass is 9.90. The molecule has 0 spiro atoms. The zero-order valence-corrected chi connectivity index (χ0v) is 16.3. The van der Waals surface area contributed by atoms with Gasteiger partial charge in [-0.1, -0.05) is 30.0 Å². The van der Waals surface area contributed by atoms with Crippen molar-refractivity contribution in [3.8, 4) is 0 Å². The number of hydrogen-bond donors (Lipinski definition) is 3. The number of anilines is 1. The number of nitrogens with zero attached hydrogens (tertiary/aromatic N) is 2. The van der Waals surface area contributed by atoms with Crippen molar-refractivity contribution in [2.75, 3.05) is 25.0 Å². The minimum absolute atomic E-state index is 0.121. The number of carbonyl (C=O) groups excluding carboxylic acids is 2.